The van der Waals surface area contributed by atoms with Gasteiger partial charge < -0.3 is 15.0 Å². The fourth-order valence-electron chi connectivity index (χ4n) is 1.58. The number of aromatic nitrogens is 2. The van der Waals surface area contributed by atoms with E-state index in [9.17, 15) is 9.59 Å². The highest BCUT2D eigenvalue weighted by Gasteiger charge is 2.00. The molecule has 0 fully saturated rings. The van der Waals surface area contributed by atoms with E-state index >= 15 is 0 Å². The van der Waals surface area contributed by atoms with E-state index in [4.69, 9.17) is 4.74 Å². The minimum atomic E-state index is -0.476. The van der Waals surface area contributed by atoms with Crippen LogP contribution in [0.25, 0.3) is 0 Å². The first kappa shape index (κ1) is 15.3. The van der Waals surface area contributed by atoms with E-state index in [0.29, 0.717) is 18.5 Å². The molecule has 112 valence electrons. The van der Waals surface area contributed by atoms with Gasteiger partial charge in [-0.2, -0.15) is 0 Å². The lowest BCUT2D eigenvalue weighted by molar-refractivity contribution is 0.140. The SMILES string of the molecule is O=C(NCCC#Cc1cnc(=O)[nH]c1)OCc1ccccc1. The molecule has 0 saturated carbocycles. The number of ether oxygens (including phenoxy) is 1. The van der Waals surface area contributed by atoms with E-state index in [2.05, 4.69) is 27.1 Å². The predicted octanol–water partition coefficient (Wildman–Crippen LogP) is 1.44. The first-order chi connectivity index (χ1) is 10.7. The molecule has 2 rings (SSSR count). The number of H-pyrrole nitrogens is 1. The van der Waals surface area contributed by atoms with E-state index in [1.165, 1.54) is 12.4 Å². The monoisotopic (exact) mass is 297 g/mol. The van der Waals surface area contributed by atoms with E-state index in [1.54, 1.807) is 0 Å². The smallest absolute Gasteiger partial charge is 0.407 e. The van der Waals surface area contributed by atoms with Gasteiger partial charge in [0.05, 0.1) is 5.56 Å². The maximum Gasteiger partial charge on any atom is 0.407 e. The third kappa shape index (κ3) is 5.51. The Balaban J connectivity index is 1.65. The van der Waals surface area contributed by atoms with Gasteiger partial charge in [-0.1, -0.05) is 42.2 Å². The molecule has 1 heterocycles. The van der Waals surface area contributed by atoms with E-state index in [0.717, 1.165) is 5.56 Å². The summed E-state index contributed by atoms with van der Waals surface area (Å²) in [5, 5.41) is 2.61. The van der Waals surface area contributed by atoms with Crippen molar-refractivity contribution < 1.29 is 9.53 Å². The number of carbonyl (C=O) groups is 1. The van der Waals surface area contributed by atoms with Crippen LogP contribution in [0.1, 0.15) is 17.5 Å². The molecule has 0 saturated heterocycles. The molecule has 2 N–H and O–H groups in total. The second kappa shape index (κ2) is 8.27. The summed E-state index contributed by atoms with van der Waals surface area (Å²) in [6.45, 7) is 0.624. The molecule has 6 nitrogen and oxygen atoms in total. The fraction of sp³-hybridized carbons (Fsp3) is 0.188. The summed E-state index contributed by atoms with van der Waals surface area (Å²) in [4.78, 5) is 28.2. The molecule has 1 aromatic heterocycles. The summed E-state index contributed by atoms with van der Waals surface area (Å²) in [7, 11) is 0. The second-order valence-electron chi connectivity index (χ2n) is 4.35. The molecule has 1 aromatic carbocycles. The van der Waals surface area contributed by atoms with Crippen molar-refractivity contribution in [3.05, 3.63) is 64.3 Å². The first-order valence-corrected chi connectivity index (χ1v) is 6.72. The van der Waals surface area contributed by atoms with Gasteiger partial charge in [0, 0.05) is 25.4 Å². The predicted molar refractivity (Wildman–Crippen MR) is 81.0 cm³/mol. The average molecular weight is 297 g/mol. The third-order valence-corrected chi connectivity index (χ3v) is 2.64. The molecule has 0 unspecified atom stereocenters. The van der Waals surface area contributed by atoms with Crippen molar-refractivity contribution in [1.82, 2.24) is 15.3 Å². The van der Waals surface area contributed by atoms with Crippen molar-refractivity contribution >= 4 is 6.09 Å². The molecule has 0 bridgehead atoms. The highest BCUT2D eigenvalue weighted by Crippen LogP contribution is 2.00. The van der Waals surface area contributed by atoms with Crippen molar-refractivity contribution in [3.8, 4) is 11.8 Å². The van der Waals surface area contributed by atoms with Crippen LogP contribution in [-0.4, -0.2) is 22.6 Å². The molecule has 0 aliphatic heterocycles. The number of hydrogen-bond donors (Lipinski definition) is 2. The standard InChI is InChI=1S/C16H15N3O3/c20-15-18-10-14(11-19-15)8-4-5-9-17-16(21)22-12-13-6-2-1-3-7-13/h1-3,6-7,10-11H,5,9,12H2,(H,17,21)(H,18,19,20). The van der Waals surface area contributed by atoms with Crippen LogP contribution in [0.2, 0.25) is 0 Å². The number of amides is 1. The van der Waals surface area contributed by atoms with Gasteiger partial charge in [0.15, 0.2) is 0 Å². The Labute approximate surface area is 127 Å². The van der Waals surface area contributed by atoms with Crippen molar-refractivity contribution in [3.63, 3.8) is 0 Å². The number of carbonyl (C=O) groups excluding carboxylic acids is 1. The Kier molecular flexibility index (Phi) is 5.76. The average Bonchev–Trinajstić information content (AvgIpc) is 2.55. The molecule has 6 heteroatoms. The fourth-order valence-corrected chi connectivity index (χ4v) is 1.58. The van der Waals surface area contributed by atoms with Crippen LogP contribution < -0.4 is 11.0 Å². The van der Waals surface area contributed by atoms with Gasteiger partial charge in [0.1, 0.15) is 6.61 Å². The van der Waals surface area contributed by atoms with Gasteiger partial charge in [0.25, 0.3) is 0 Å². The lowest BCUT2D eigenvalue weighted by atomic mass is 10.2. The Morgan fingerprint density at radius 3 is 2.86 bits per heavy atom. The van der Waals surface area contributed by atoms with Crippen LogP contribution in [0.3, 0.4) is 0 Å². The number of alkyl carbamates (subject to hydrolysis) is 1. The largest absolute Gasteiger partial charge is 0.445 e. The maximum absolute atomic E-state index is 11.5. The van der Waals surface area contributed by atoms with Crippen molar-refractivity contribution in [1.29, 1.82) is 0 Å². The zero-order chi connectivity index (χ0) is 15.6. The Hall–Kier alpha value is -3.07. The minimum Gasteiger partial charge on any atom is -0.445 e. The second-order valence-corrected chi connectivity index (χ2v) is 4.35. The number of nitrogens with one attached hydrogen (secondary N) is 2. The van der Waals surface area contributed by atoms with Crippen molar-refractivity contribution in [2.24, 2.45) is 0 Å². The van der Waals surface area contributed by atoms with Gasteiger partial charge in [-0.05, 0) is 5.56 Å². The molecule has 0 aliphatic carbocycles. The molecule has 0 atom stereocenters. The first-order valence-electron chi connectivity index (χ1n) is 6.72. The zero-order valence-corrected chi connectivity index (χ0v) is 11.8. The normalized spacial score (nSPS) is 9.45. The maximum atomic E-state index is 11.5. The lowest BCUT2D eigenvalue weighted by Gasteiger charge is -2.05. The van der Waals surface area contributed by atoms with Crippen LogP contribution >= 0.6 is 0 Å². The van der Waals surface area contributed by atoms with Gasteiger partial charge in [0.2, 0.25) is 0 Å². The molecule has 0 radical (unpaired) electrons. The number of nitrogens with zero attached hydrogens (tertiary/aromatic N) is 1. The number of rotatable bonds is 4. The Morgan fingerprint density at radius 1 is 1.32 bits per heavy atom. The highest BCUT2D eigenvalue weighted by atomic mass is 16.5. The van der Waals surface area contributed by atoms with Gasteiger partial charge in [-0.25, -0.2) is 14.6 Å². The highest BCUT2D eigenvalue weighted by molar-refractivity contribution is 5.67. The zero-order valence-electron chi connectivity index (χ0n) is 11.8. The van der Waals surface area contributed by atoms with E-state index < -0.39 is 11.8 Å². The van der Waals surface area contributed by atoms with Crippen molar-refractivity contribution in [2.45, 2.75) is 13.0 Å². The number of hydrogen-bond acceptors (Lipinski definition) is 4. The summed E-state index contributed by atoms with van der Waals surface area (Å²) >= 11 is 0. The number of benzene rings is 1. The molecule has 22 heavy (non-hydrogen) atoms. The topological polar surface area (TPSA) is 84.1 Å². The van der Waals surface area contributed by atoms with Crippen LogP contribution in [0.15, 0.2) is 47.5 Å². The Morgan fingerprint density at radius 2 is 2.14 bits per heavy atom. The van der Waals surface area contributed by atoms with Gasteiger partial charge >= 0.3 is 11.8 Å². The summed E-state index contributed by atoms with van der Waals surface area (Å²) in [6, 6.07) is 9.45. The molecule has 0 aliphatic rings. The third-order valence-electron chi connectivity index (χ3n) is 2.64. The quantitative estimate of drug-likeness (QED) is 0.660. The van der Waals surface area contributed by atoms with Crippen LogP contribution in [0, 0.1) is 11.8 Å². The van der Waals surface area contributed by atoms with E-state index in [1.807, 2.05) is 30.3 Å². The Bertz CT molecular complexity index is 709. The molecule has 0 spiro atoms. The van der Waals surface area contributed by atoms with Crippen LogP contribution in [0.4, 0.5) is 4.79 Å². The minimum absolute atomic E-state index is 0.237. The molecule has 2 aromatic rings. The molecule has 1 amide bonds. The van der Waals surface area contributed by atoms with Crippen molar-refractivity contribution in [2.75, 3.05) is 6.54 Å². The van der Waals surface area contributed by atoms with Crippen LogP contribution in [0.5, 0.6) is 0 Å². The summed E-state index contributed by atoms with van der Waals surface area (Å²) in [5.74, 6) is 5.70. The number of aromatic amines is 1. The van der Waals surface area contributed by atoms with Gasteiger partial charge in [-0.3, -0.25) is 0 Å². The summed E-state index contributed by atoms with van der Waals surface area (Å²) in [6.07, 6.45) is 2.88. The van der Waals surface area contributed by atoms with Crippen LogP contribution in [-0.2, 0) is 11.3 Å². The lowest BCUT2D eigenvalue weighted by Crippen LogP contribution is -2.24. The van der Waals surface area contributed by atoms with E-state index in [-0.39, 0.29) is 6.61 Å². The molecular weight excluding hydrogens is 282 g/mol. The molecular formula is C16H15N3O3. The van der Waals surface area contributed by atoms with Gasteiger partial charge in [-0.15, -0.1) is 0 Å². The summed E-state index contributed by atoms with van der Waals surface area (Å²) in [5.41, 5.74) is 1.14. The summed E-state index contributed by atoms with van der Waals surface area (Å²) < 4.78 is 5.06.